The quantitative estimate of drug-likeness (QED) is 0.512. The van der Waals surface area contributed by atoms with Crippen LogP contribution in [0.1, 0.15) is 67.7 Å². The minimum Gasteiger partial charge on any atom is -0.379 e. The van der Waals surface area contributed by atoms with Crippen molar-refractivity contribution in [2.24, 2.45) is 11.1 Å². The summed E-state index contributed by atoms with van der Waals surface area (Å²) in [5, 5.41) is 3.54. The molecule has 0 saturated carbocycles. The first-order valence-corrected chi connectivity index (χ1v) is 8.75. The van der Waals surface area contributed by atoms with Crippen molar-refractivity contribution in [2.45, 2.75) is 85.5 Å². The molecule has 0 radical (unpaired) electrons. The second-order valence-corrected chi connectivity index (χ2v) is 8.22. The predicted octanol–water partition coefficient (Wildman–Crippen LogP) is 3.34. The molecular formula is C18H40N2O2. The van der Waals surface area contributed by atoms with E-state index < -0.39 is 0 Å². The lowest BCUT2D eigenvalue weighted by atomic mass is 9.89. The van der Waals surface area contributed by atoms with Gasteiger partial charge >= 0.3 is 0 Å². The van der Waals surface area contributed by atoms with Crippen molar-refractivity contribution < 1.29 is 9.47 Å². The number of hydrogen-bond donors (Lipinski definition) is 2. The van der Waals surface area contributed by atoms with Gasteiger partial charge in [-0.1, -0.05) is 13.8 Å². The van der Waals surface area contributed by atoms with Gasteiger partial charge in [0, 0.05) is 25.3 Å². The molecule has 0 heterocycles. The van der Waals surface area contributed by atoms with E-state index >= 15 is 0 Å². The van der Waals surface area contributed by atoms with E-state index in [4.69, 9.17) is 15.2 Å². The van der Waals surface area contributed by atoms with Crippen LogP contribution in [0.15, 0.2) is 0 Å². The normalized spacial score (nSPS) is 14.6. The Kier molecular flexibility index (Phi) is 10.5. The molecule has 0 amide bonds. The minimum absolute atomic E-state index is 0.139. The van der Waals surface area contributed by atoms with E-state index in [9.17, 15) is 0 Å². The first-order chi connectivity index (χ1) is 10.0. The standard InChI is InChI=1S/C18H40N2O2/c1-15(2)21-12-9-17(4,5)14-20-11-8-16(3)22-13-10-18(6,7)19/h15-16,20H,8-14,19H2,1-7H3. The monoisotopic (exact) mass is 316 g/mol. The third kappa shape index (κ3) is 14.8. The van der Waals surface area contributed by atoms with Crippen molar-refractivity contribution >= 4 is 0 Å². The fourth-order valence-electron chi connectivity index (χ4n) is 2.00. The van der Waals surface area contributed by atoms with Gasteiger partial charge in [-0.2, -0.15) is 0 Å². The molecule has 0 aliphatic carbocycles. The van der Waals surface area contributed by atoms with Gasteiger partial charge in [0.25, 0.3) is 0 Å². The van der Waals surface area contributed by atoms with Gasteiger partial charge in [0.05, 0.1) is 12.2 Å². The lowest BCUT2D eigenvalue weighted by Crippen LogP contribution is -2.34. The molecule has 1 atom stereocenters. The van der Waals surface area contributed by atoms with Crippen LogP contribution in [0.2, 0.25) is 0 Å². The van der Waals surface area contributed by atoms with E-state index in [1.165, 1.54) is 0 Å². The molecule has 0 aromatic carbocycles. The van der Waals surface area contributed by atoms with E-state index in [2.05, 4.69) is 39.9 Å². The topological polar surface area (TPSA) is 56.5 Å². The van der Waals surface area contributed by atoms with Gasteiger partial charge in [-0.15, -0.1) is 0 Å². The summed E-state index contributed by atoms with van der Waals surface area (Å²) in [6.45, 7) is 18.5. The highest BCUT2D eigenvalue weighted by molar-refractivity contribution is 4.73. The lowest BCUT2D eigenvalue weighted by Gasteiger charge is -2.26. The number of hydrogen-bond acceptors (Lipinski definition) is 4. The van der Waals surface area contributed by atoms with Crippen LogP contribution in [0.4, 0.5) is 0 Å². The Labute approximate surface area is 138 Å². The molecule has 0 aliphatic rings. The van der Waals surface area contributed by atoms with Gasteiger partial charge in [-0.05, 0) is 65.8 Å². The lowest BCUT2D eigenvalue weighted by molar-refractivity contribution is 0.0482. The summed E-state index contributed by atoms with van der Waals surface area (Å²) >= 11 is 0. The summed E-state index contributed by atoms with van der Waals surface area (Å²) in [6, 6.07) is 0. The molecular weight excluding hydrogens is 276 g/mol. The number of nitrogens with one attached hydrogen (secondary N) is 1. The van der Waals surface area contributed by atoms with Crippen molar-refractivity contribution in [2.75, 3.05) is 26.3 Å². The van der Waals surface area contributed by atoms with E-state index in [1.807, 2.05) is 13.8 Å². The molecule has 4 heteroatoms. The van der Waals surface area contributed by atoms with Crippen LogP contribution in [0.5, 0.6) is 0 Å². The minimum atomic E-state index is -0.139. The number of rotatable bonds is 13. The maximum atomic E-state index is 5.95. The zero-order chi connectivity index (χ0) is 17.2. The molecule has 0 aliphatic heterocycles. The zero-order valence-electron chi connectivity index (χ0n) is 16.0. The van der Waals surface area contributed by atoms with Crippen LogP contribution in [0.25, 0.3) is 0 Å². The van der Waals surface area contributed by atoms with Gasteiger partial charge in [0.1, 0.15) is 0 Å². The van der Waals surface area contributed by atoms with Crippen LogP contribution in [-0.4, -0.2) is 44.1 Å². The van der Waals surface area contributed by atoms with Crippen molar-refractivity contribution in [3.63, 3.8) is 0 Å². The summed E-state index contributed by atoms with van der Waals surface area (Å²) in [7, 11) is 0. The number of nitrogens with two attached hydrogens (primary N) is 1. The average Bonchev–Trinajstić information content (AvgIpc) is 2.32. The first kappa shape index (κ1) is 21.8. The second kappa shape index (κ2) is 10.6. The summed E-state index contributed by atoms with van der Waals surface area (Å²) in [5.41, 5.74) is 6.07. The maximum absolute atomic E-state index is 5.95. The fourth-order valence-corrected chi connectivity index (χ4v) is 2.00. The second-order valence-electron chi connectivity index (χ2n) is 8.22. The third-order valence-electron chi connectivity index (χ3n) is 3.71. The van der Waals surface area contributed by atoms with Gasteiger partial charge in [0.15, 0.2) is 0 Å². The zero-order valence-corrected chi connectivity index (χ0v) is 16.0. The van der Waals surface area contributed by atoms with E-state index in [1.54, 1.807) is 0 Å². The fraction of sp³-hybridized carbons (Fsp3) is 1.00. The highest BCUT2D eigenvalue weighted by Crippen LogP contribution is 2.19. The van der Waals surface area contributed by atoms with Gasteiger partial charge in [-0.25, -0.2) is 0 Å². The Morgan fingerprint density at radius 2 is 1.55 bits per heavy atom. The van der Waals surface area contributed by atoms with E-state index in [0.717, 1.165) is 45.6 Å². The van der Waals surface area contributed by atoms with Crippen molar-refractivity contribution in [1.82, 2.24) is 5.32 Å². The molecule has 0 aromatic rings. The Bertz CT molecular complexity index is 273. The number of ether oxygens (including phenoxy) is 2. The Morgan fingerprint density at radius 3 is 2.09 bits per heavy atom. The van der Waals surface area contributed by atoms with Gasteiger partial charge < -0.3 is 20.5 Å². The molecule has 4 nitrogen and oxygen atoms in total. The van der Waals surface area contributed by atoms with Crippen LogP contribution >= 0.6 is 0 Å². The van der Waals surface area contributed by atoms with Crippen LogP contribution < -0.4 is 11.1 Å². The van der Waals surface area contributed by atoms with E-state index in [-0.39, 0.29) is 17.1 Å². The van der Waals surface area contributed by atoms with Crippen molar-refractivity contribution in [3.05, 3.63) is 0 Å². The molecule has 22 heavy (non-hydrogen) atoms. The predicted molar refractivity (Wildman–Crippen MR) is 95.3 cm³/mol. The molecule has 0 bridgehead atoms. The van der Waals surface area contributed by atoms with Crippen LogP contribution in [-0.2, 0) is 9.47 Å². The van der Waals surface area contributed by atoms with Crippen LogP contribution in [0, 0.1) is 5.41 Å². The van der Waals surface area contributed by atoms with Crippen molar-refractivity contribution in [3.8, 4) is 0 Å². The SMILES string of the molecule is CC(C)OCCC(C)(C)CNCCC(C)OCCC(C)(C)N. The van der Waals surface area contributed by atoms with E-state index in [0.29, 0.717) is 6.10 Å². The third-order valence-corrected chi connectivity index (χ3v) is 3.71. The average molecular weight is 317 g/mol. The molecule has 0 rings (SSSR count). The van der Waals surface area contributed by atoms with Gasteiger partial charge in [0.2, 0.25) is 0 Å². The molecule has 3 N–H and O–H groups in total. The van der Waals surface area contributed by atoms with Gasteiger partial charge in [-0.3, -0.25) is 0 Å². The maximum Gasteiger partial charge on any atom is 0.0559 e. The molecule has 0 fully saturated rings. The highest BCUT2D eigenvalue weighted by atomic mass is 16.5. The Hall–Kier alpha value is -0.160. The highest BCUT2D eigenvalue weighted by Gasteiger charge is 2.17. The Morgan fingerprint density at radius 1 is 0.955 bits per heavy atom. The summed E-state index contributed by atoms with van der Waals surface area (Å²) in [5.74, 6) is 0. The molecule has 1 unspecified atom stereocenters. The molecule has 134 valence electrons. The molecule has 0 saturated heterocycles. The van der Waals surface area contributed by atoms with Crippen molar-refractivity contribution in [1.29, 1.82) is 0 Å². The molecule has 0 aromatic heterocycles. The Balaban J connectivity index is 3.64. The summed E-state index contributed by atoms with van der Waals surface area (Å²) in [4.78, 5) is 0. The van der Waals surface area contributed by atoms with Crippen LogP contribution in [0.3, 0.4) is 0 Å². The largest absolute Gasteiger partial charge is 0.379 e. The summed E-state index contributed by atoms with van der Waals surface area (Å²) in [6.07, 6.45) is 3.61. The first-order valence-electron chi connectivity index (χ1n) is 8.75. The summed E-state index contributed by atoms with van der Waals surface area (Å²) < 4.78 is 11.4. The molecule has 0 spiro atoms. The smallest absolute Gasteiger partial charge is 0.0559 e.